The lowest BCUT2D eigenvalue weighted by Crippen LogP contribution is -2.48. The molecule has 92 valence electrons. The number of fused-ring (bicyclic) bond motifs is 1. The molecule has 0 bridgehead atoms. The molecule has 1 aromatic heterocycles. The molecule has 0 aliphatic carbocycles. The van der Waals surface area contributed by atoms with Gasteiger partial charge in [-0.05, 0) is 13.3 Å². The molecule has 1 atom stereocenters. The Kier molecular flexibility index (Phi) is 2.87. The number of nitrogens with zero attached hydrogens (tertiary/aromatic N) is 3. The van der Waals surface area contributed by atoms with Crippen LogP contribution in [0.4, 0.5) is 5.82 Å². The third kappa shape index (κ3) is 1.90. The lowest BCUT2D eigenvalue weighted by molar-refractivity contribution is -0.140. The van der Waals surface area contributed by atoms with Gasteiger partial charge >= 0.3 is 5.97 Å². The van der Waals surface area contributed by atoms with Crippen LogP contribution in [0.15, 0.2) is 6.07 Å². The normalized spacial score (nSPS) is 16.8. The van der Waals surface area contributed by atoms with Gasteiger partial charge < -0.3 is 5.11 Å². The first kappa shape index (κ1) is 11.6. The Bertz CT molecular complexity index is 467. The largest absolute Gasteiger partial charge is 0.480 e. The molecule has 1 aliphatic rings. The maximum atomic E-state index is 11.9. The van der Waals surface area contributed by atoms with Gasteiger partial charge in [-0.1, -0.05) is 6.92 Å². The van der Waals surface area contributed by atoms with Crippen molar-refractivity contribution in [2.24, 2.45) is 0 Å². The van der Waals surface area contributed by atoms with E-state index in [-0.39, 0.29) is 5.91 Å². The predicted octanol–water partition coefficient (Wildman–Crippen LogP) is 0.791. The van der Waals surface area contributed by atoms with Gasteiger partial charge in [0.25, 0.3) is 0 Å². The van der Waals surface area contributed by atoms with Gasteiger partial charge in [-0.3, -0.25) is 9.69 Å². The first-order chi connectivity index (χ1) is 8.04. The maximum Gasteiger partial charge on any atom is 0.326 e. The van der Waals surface area contributed by atoms with E-state index in [0.717, 1.165) is 5.69 Å². The molecule has 2 rings (SSSR count). The number of amides is 1. The van der Waals surface area contributed by atoms with Gasteiger partial charge in [0.05, 0.1) is 12.2 Å². The number of anilines is 1. The highest BCUT2D eigenvalue weighted by molar-refractivity contribution is 5.99. The fourth-order valence-corrected chi connectivity index (χ4v) is 2.14. The van der Waals surface area contributed by atoms with Crippen LogP contribution in [0.2, 0.25) is 0 Å². The van der Waals surface area contributed by atoms with E-state index in [1.54, 1.807) is 17.7 Å². The van der Waals surface area contributed by atoms with Crippen LogP contribution < -0.4 is 4.90 Å². The van der Waals surface area contributed by atoms with Crippen molar-refractivity contribution in [2.45, 2.75) is 39.3 Å². The summed E-state index contributed by atoms with van der Waals surface area (Å²) in [5.74, 6) is -0.534. The Balaban J connectivity index is 2.44. The summed E-state index contributed by atoms with van der Waals surface area (Å²) in [6.07, 6.45) is 0.684. The van der Waals surface area contributed by atoms with Crippen LogP contribution in [0.3, 0.4) is 0 Å². The van der Waals surface area contributed by atoms with Gasteiger partial charge in [0.2, 0.25) is 5.91 Å². The number of aliphatic carboxylic acids is 1. The summed E-state index contributed by atoms with van der Waals surface area (Å²) in [4.78, 5) is 24.4. The van der Waals surface area contributed by atoms with Crippen LogP contribution in [0.25, 0.3) is 0 Å². The number of carboxylic acid groups (broad SMARTS) is 1. The van der Waals surface area contributed by atoms with E-state index in [2.05, 4.69) is 5.10 Å². The van der Waals surface area contributed by atoms with E-state index in [1.807, 2.05) is 6.92 Å². The van der Waals surface area contributed by atoms with Crippen molar-refractivity contribution in [2.75, 3.05) is 4.90 Å². The maximum absolute atomic E-state index is 11.9. The smallest absolute Gasteiger partial charge is 0.326 e. The number of aromatic nitrogens is 2. The molecule has 0 fully saturated rings. The minimum Gasteiger partial charge on any atom is -0.480 e. The van der Waals surface area contributed by atoms with E-state index in [9.17, 15) is 9.59 Å². The van der Waals surface area contributed by atoms with Gasteiger partial charge in [0, 0.05) is 12.5 Å². The second-order valence-corrected chi connectivity index (χ2v) is 4.14. The zero-order chi connectivity index (χ0) is 12.6. The third-order valence-corrected chi connectivity index (χ3v) is 2.92. The van der Waals surface area contributed by atoms with Crippen LogP contribution in [0.1, 0.15) is 25.5 Å². The van der Waals surface area contributed by atoms with E-state index >= 15 is 0 Å². The van der Waals surface area contributed by atoms with Crippen LogP contribution in [-0.2, 0) is 16.1 Å². The van der Waals surface area contributed by atoms with Gasteiger partial charge in [-0.25, -0.2) is 9.48 Å². The molecule has 0 saturated carbocycles. The van der Waals surface area contributed by atoms with E-state index in [0.29, 0.717) is 25.2 Å². The standard InChI is InChI=1S/C11H15N3O3/c1-3-8(11(16)17)14-9-6-7(2)12-13(9)5-4-10(14)15/h6,8H,3-5H2,1-2H3,(H,16,17)/t8-/m1/s1. The second-order valence-electron chi connectivity index (χ2n) is 4.14. The summed E-state index contributed by atoms with van der Waals surface area (Å²) in [6.45, 7) is 4.11. The summed E-state index contributed by atoms with van der Waals surface area (Å²) in [5.41, 5.74) is 0.792. The van der Waals surface area contributed by atoms with Crippen LogP contribution in [0, 0.1) is 6.92 Å². The van der Waals surface area contributed by atoms with Crippen molar-refractivity contribution >= 4 is 17.7 Å². The molecule has 0 radical (unpaired) electrons. The lowest BCUT2D eigenvalue weighted by Gasteiger charge is -2.31. The molecule has 0 unspecified atom stereocenters. The topological polar surface area (TPSA) is 75.4 Å². The SMILES string of the molecule is CC[C@H](C(=O)O)N1C(=O)CCn2nc(C)cc21. The van der Waals surface area contributed by atoms with Crippen molar-refractivity contribution in [3.05, 3.63) is 11.8 Å². The fourth-order valence-electron chi connectivity index (χ4n) is 2.14. The number of carboxylic acids is 1. The molecule has 17 heavy (non-hydrogen) atoms. The Morgan fingerprint density at radius 1 is 1.65 bits per heavy atom. The number of carbonyl (C=O) groups excluding carboxylic acids is 1. The first-order valence-corrected chi connectivity index (χ1v) is 5.64. The summed E-state index contributed by atoms with van der Waals surface area (Å²) < 4.78 is 1.70. The van der Waals surface area contributed by atoms with Gasteiger partial charge in [0.1, 0.15) is 11.9 Å². The average Bonchev–Trinajstić information content (AvgIpc) is 2.63. The molecule has 1 aromatic rings. The average molecular weight is 237 g/mol. The zero-order valence-electron chi connectivity index (χ0n) is 9.88. The number of aryl methyl sites for hydroxylation is 2. The highest BCUT2D eigenvalue weighted by atomic mass is 16.4. The lowest BCUT2D eigenvalue weighted by atomic mass is 10.1. The van der Waals surface area contributed by atoms with E-state index < -0.39 is 12.0 Å². The molecule has 2 heterocycles. The summed E-state index contributed by atoms with van der Waals surface area (Å²) in [7, 11) is 0. The van der Waals surface area contributed by atoms with E-state index in [4.69, 9.17) is 5.11 Å². The molecular weight excluding hydrogens is 222 g/mol. The van der Waals surface area contributed by atoms with Crippen molar-refractivity contribution in [3.63, 3.8) is 0 Å². The number of hydrogen-bond donors (Lipinski definition) is 1. The van der Waals surface area contributed by atoms with Crippen LogP contribution in [-0.4, -0.2) is 32.8 Å². The zero-order valence-corrected chi connectivity index (χ0v) is 9.88. The van der Waals surface area contributed by atoms with Gasteiger partial charge in [-0.15, -0.1) is 0 Å². The number of rotatable bonds is 3. The molecule has 1 N–H and O–H groups in total. The minimum atomic E-state index is -0.979. The molecule has 0 aromatic carbocycles. The molecule has 6 nitrogen and oxygen atoms in total. The molecule has 0 spiro atoms. The summed E-state index contributed by atoms with van der Waals surface area (Å²) in [6, 6.07) is 0.945. The second kappa shape index (κ2) is 4.20. The minimum absolute atomic E-state index is 0.147. The van der Waals surface area contributed by atoms with Crippen LogP contribution in [0.5, 0.6) is 0 Å². The van der Waals surface area contributed by atoms with Crippen molar-refractivity contribution in [1.29, 1.82) is 0 Å². The Labute approximate surface area is 98.8 Å². The monoisotopic (exact) mass is 237 g/mol. The van der Waals surface area contributed by atoms with Crippen molar-refractivity contribution in [3.8, 4) is 0 Å². The quantitative estimate of drug-likeness (QED) is 0.843. The molecule has 1 aliphatic heterocycles. The Morgan fingerprint density at radius 3 is 2.94 bits per heavy atom. The first-order valence-electron chi connectivity index (χ1n) is 5.64. The molecule has 6 heteroatoms. The third-order valence-electron chi connectivity index (χ3n) is 2.92. The van der Waals surface area contributed by atoms with E-state index in [1.165, 1.54) is 4.90 Å². The highest BCUT2D eigenvalue weighted by Gasteiger charge is 2.34. The Hall–Kier alpha value is -1.85. The molecule has 0 saturated heterocycles. The number of carbonyl (C=O) groups is 2. The molecular formula is C11H15N3O3. The van der Waals surface area contributed by atoms with Gasteiger partial charge in [0.15, 0.2) is 0 Å². The van der Waals surface area contributed by atoms with Crippen molar-refractivity contribution in [1.82, 2.24) is 9.78 Å². The van der Waals surface area contributed by atoms with Crippen molar-refractivity contribution < 1.29 is 14.7 Å². The van der Waals surface area contributed by atoms with Crippen LogP contribution >= 0.6 is 0 Å². The number of hydrogen-bond acceptors (Lipinski definition) is 3. The Morgan fingerprint density at radius 2 is 2.35 bits per heavy atom. The summed E-state index contributed by atoms with van der Waals surface area (Å²) >= 11 is 0. The fraction of sp³-hybridized carbons (Fsp3) is 0.545. The highest BCUT2D eigenvalue weighted by Crippen LogP contribution is 2.25. The summed E-state index contributed by atoms with van der Waals surface area (Å²) in [5, 5.41) is 13.4. The van der Waals surface area contributed by atoms with Gasteiger partial charge in [-0.2, -0.15) is 5.10 Å². The predicted molar refractivity (Wildman–Crippen MR) is 60.8 cm³/mol. The molecule has 1 amide bonds.